The molecule has 1 amide bonds. The molecule has 130 valence electrons. The van der Waals surface area contributed by atoms with Crippen molar-refractivity contribution < 1.29 is 19.2 Å². The lowest BCUT2D eigenvalue weighted by molar-refractivity contribution is -0.384. The van der Waals surface area contributed by atoms with Crippen molar-refractivity contribution in [1.82, 2.24) is 0 Å². The van der Waals surface area contributed by atoms with Gasteiger partial charge in [0.05, 0.1) is 11.3 Å². The molecule has 0 aliphatic heterocycles. The van der Waals surface area contributed by atoms with Crippen LogP contribution in [0.2, 0.25) is 10.0 Å². The predicted octanol–water partition coefficient (Wildman–Crippen LogP) is 3.63. The molecule has 0 unspecified atom stereocenters. The van der Waals surface area contributed by atoms with Crippen LogP contribution in [0.1, 0.15) is 5.56 Å². The Labute approximate surface area is 152 Å². The van der Waals surface area contributed by atoms with Crippen LogP contribution in [0.25, 0.3) is 0 Å². The van der Waals surface area contributed by atoms with Crippen LogP contribution in [-0.4, -0.2) is 23.4 Å². The van der Waals surface area contributed by atoms with Gasteiger partial charge in [0.1, 0.15) is 5.02 Å². The lowest BCUT2D eigenvalue weighted by atomic mass is 10.1. The number of carbonyl (C=O) groups excluding carboxylic acids is 2. The van der Waals surface area contributed by atoms with Crippen molar-refractivity contribution in [3.05, 3.63) is 68.2 Å². The van der Waals surface area contributed by atoms with Gasteiger partial charge in [-0.2, -0.15) is 0 Å². The molecule has 2 aromatic carbocycles. The van der Waals surface area contributed by atoms with Gasteiger partial charge in [0.15, 0.2) is 6.61 Å². The number of carbonyl (C=O) groups is 2. The molecule has 1 N–H and O–H groups in total. The lowest BCUT2D eigenvalue weighted by Gasteiger charge is -2.07. The number of hydrogen-bond acceptors (Lipinski definition) is 5. The minimum atomic E-state index is -0.665. The van der Waals surface area contributed by atoms with Crippen molar-refractivity contribution in [3.8, 4) is 0 Å². The molecule has 2 rings (SSSR count). The number of nitro groups is 1. The summed E-state index contributed by atoms with van der Waals surface area (Å²) >= 11 is 11.6. The summed E-state index contributed by atoms with van der Waals surface area (Å²) in [7, 11) is 0. The fourth-order valence-corrected chi connectivity index (χ4v) is 2.31. The van der Waals surface area contributed by atoms with Crippen LogP contribution >= 0.6 is 23.2 Å². The standard InChI is InChI=1S/C16H12Cl2N2O5/c17-12-4-2-1-3-10(12)7-16(22)25-9-15(21)19-11-5-6-13(18)14(8-11)20(23)24/h1-6,8H,7,9H2,(H,19,21). The van der Waals surface area contributed by atoms with Gasteiger partial charge in [0, 0.05) is 16.8 Å². The zero-order valence-corrected chi connectivity index (χ0v) is 14.2. The van der Waals surface area contributed by atoms with E-state index < -0.39 is 23.4 Å². The van der Waals surface area contributed by atoms with Gasteiger partial charge in [-0.15, -0.1) is 0 Å². The van der Waals surface area contributed by atoms with Crippen LogP contribution in [0.3, 0.4) is 0 Å². The van der Waals surface area contributed by atoms with Crippen LogP contribution in [0.4, 0.5) is 11.4 Å². The molecular formula is C16H12Cl2N2O5. The highest BCUT2D eigenvalue weighted by Gasteiger charge is 2.15. The summed E-state index contributed by atoms with van der Waals surface area (Å²) in [4.78, 5) is 33.7. The Kier molecular flexibility index (Phi) is 6.32. The molecule has 0 saturated heterocycles. The van der Waals surface area contributed by atoms with E-state index in [0.29, 0.717) is 10.6 Å². The van der Waals surface area contributed by atoms with Gasteiger partial charge in [-0.05, 0) is 23.8 Å². The Morgan fingerprint density at radius 2 is 1.84 bits per heavy atom. The average Bonchev–Trinajstić information content (AvgIpc) is 2.56. The van der Waals surface area contributed by atoms with E-state index in [9.17, 15) is 19.7 Å². The summed E-state index contributed by atoms with van der Waals surface area (Å²) in [6.45, 7) is -0.528. The first-order valence-corrected chi connectivity index (χ1v) is 7.75. The highest BCUT2D eigenvalue weighted by Crippen LogP contribution is 2.27. The quantitative estimate of drug-likeness (QED) is 0.467. The minimum Gasteiger partial charge on any atom is -0.455 e. The maximum atomic E-state index is 11.8. The molecule has 7 nitrogen and oxygen atoms in total. The molecule has 0 aromatic heterocycles. The normalized spacial score (nSPS) is 10.2. The Balaban J connectivity index is 1.88. The second-order valence-corrected chi connectivity index (χ2v) is 5.71. The molecular weight excluding hydrogens is 371 g/mol. The Morgan fingerprint density at radius 1 is 1.12 bits per heavy atom. The van der Waals surface area contributed by atoms with E-state index in [2.05, 4.69) is 5.32 Å². The Hall–Kier alpha value is -2.64. The smallest absolute Gasteiger partial charge is 0.310 e. The summed E-state index contributed by atoms with van der Waals surface area (Å²) in [6.07, 6.45) is -0.0701. The highest BCUT2D eigenvalue weighted by molar-refractivity contribution is 6.32. The third kappa shape index (κ3) is 5.44. The van der Waals surface area contributed by atoms with E-state index in [1.807, 2.05) is 0 Å². The zero-order valence-electron chi connectivity index (χ0n) is 12.7. The zero-order chi connectivity index (χ0) is 18.4. The highest BCUT2D eigenvalue weighted by atomic mass is 35.5. The van der Waals surface area contributed by atoms with E-state index in [1.165, 1.54) is 12.1 Å². The van der Waals surface area contributed by atoms with Crippen LogP contribution in [-0.2, 0) is 20.7 Å². The van der Waals surface area contributed by atoms with Crippen LogP contribution < -0.4 is 5.32 Å². The third-order valence-electron chi connectivity index (χ3n) is 3.08. The number of rotatable bonds is 6. The number of amides is 1. The van der Waals surface area contributed by atoms with Gasteiger partial charge in [-0.25, -0.2) is 0 Å². The molecule has 2 aromatic rings. The summed E-state index contributed by atoms with van der Waals surface area (Å²) < 4.78 is 4.87. The lowest BCUT2D eigenvalue weighted by Crippen LogP contribution is -2.21. The molecule has 0 heterocycles. The fraction of sp³-hybridized carbons (Fsp3) is 0.125. The van der Waals surface area contributed by atoms with E-state index in [-0.39, 0.29) is 22.8 Å². The molecule has 0 fully saturated rings. The SMILES string of the molecule is O=C(COC(=O)Cc1ccccc1Cl)Nc1ccc(Cl)c([N+](=O)[O-])c1. The summed E-state index contributed by atoms with van der Waals surface area (Å²) in [5.41, 5.74) is 0.418. The van der Waals surface area contributed by atoms with Gasteiger partial charge < -0.3 is 10.1 Å². The number of ether oxygens (including phenoxy) is 1. The molecule has 9 heteroatoms. The molecule has 0 atom stereocenters. The number of halogens is 2. The van der Waals surface area contributed by atoms with Crippen molar-refractivity contribution in [2.24, 2.45) is 0 Å². The van der Waals surface area contributed by atoms with Crippen molar-refractivity contribution >= 4 is 46.5 Å². The molecule has 0 radical (unpaired) electrons. The first-order chi connectivity index (χ1) is 11.9. The second kappa shape index (κ2) is 8.46. The van der Waals surface area contributed by atoms with E-state index >= 15 is 0 Å². The number of anilines is 1. The molecule has 25 heavy (non-hydrogen) atoms. The summed E-state index contributed by atoms with van der Waals surface area (Å²) in [5, 5.41) is 13.6. The van der Waals surface area contributed by atoms with Gasteiger partial charge in [-0.3, -0.25) is 19.7 Å². The third-order valence-corrected chi connectivity index (χ3v) is 3.77. The van der Waals surface area contributed by atoms with Crippen molar-refractivity contribution in [1.29, 1.82) is 0 Å². The number of esters is 1. The number of benzene rings is 2. The number of hydrogen-bond donors (Lipinski definition) is 1. The fourth-order valence-electron chi connectivity index (χ4n) is 1.92. The number of nitrogens with zero attached hydrogens (tertiary/aromatic N) is 1. The number of nitro benzene ring substituents is 1. The van der Waals surface area contributed by atoms with E-state index in [0.717, 1.165) is 6.07 Å². The molecule has 0 saturated carbocycles. The topological polar surface area (TPSA) is 98.5 Å². The first-order valence-electron chi connectivity index (χ1n) is 6.99. The first kappa shape index (κ1) is 18.7. The van der Waals surface area contributed by atoms with Crippen molar-refractivity contribution in [2.45, 2.75) is 6.42 Å². The summed E-state index contributed by atoms with van der Waals surface area (Å²) in [6, 6.07) is 10.6. The number of nitrogens with one attached hydrogen (secondary N) is 1. The monoisotopic (exact) mass is 382 g/mol. The summed E-state index contributed by atoms with van der Waals surface area (Å²) in [5.74, 6) is -1.26. The van der Waals surface area contributed by atoms with Crippen molar-refractivity contribution in [2.75, 3.05) is 11.9 Å². The van der Waals surface area contributed by atoms with Gasteiger partial charge in [-0.1, -0.05) is 41.4 Å². The van der Waals surface area contributed by atoms with Crippen LogP contribution in [0.5, 0.6) is 0 Å². The van der Waals surface area contributed by atoms with Gasteiger partial charge >= 0.3 is 5.97 Å². The molecule has 0 aliphatic rings. The van der Waals surface area contributed by atoms with Gasteiger partial charge in [0.25, 0.3) is 11.6 Å². The average molecular weight is 383 g/mol. The minimum absolute atomic E-state index is 0.0471. The molecule has 0 spiro atoms. The van der Waals surface area contributed by atoms with E-state index in [4.69, 9.17) is 27.9 Å². The van der Waals surface area contributed by atoms with E-state index in [1.54, 1.807) is 24.3 Å². The predicted molar refractivity (Wildman–Crippen MR) is 92.9 cm³/mol. The maximum absolute atomic E-state index is 11.8. The van der Waals surface area contributed by atoms with Gasteiger partial charge in [0.2, 0.25) is 0 Å². The van der Waals surface area contributed by atoms with Crippen LogP contribution in [0.15, 0.2) is 42.5 Å². The largest absolute Gasteiger partial charge is 0.455 e. The van der Waals surface area contributed by atoms with Crippen LogP contribution in [0, 0.1) is 10.1 Å². The molecule has 0 bridgehead atoms. The van der Waals surface area contributed by atoms with Crippen molar-refractivity contribution in [3.63, 3.8) is 0 Å². The Bertz CT molecular complexity index is 826. The Morgan fingerprint density at radius 3 is 2.52 bits per heavy atom. The second-order valence-electron chi connectivity index (χ2n) is 4.90. The maximum Gasteiger partial charge on any atom is 0.310 e. The molecule has 0 aliphatic carbocycles.